The van der Waals surface area contributed by atoms with Crippen molar-refractivity contribution in [1.82, 2.24) is 14.8 Å². The number of nitrogens with one attached hydrogen (secondary N) is 1. The number of nitrogens with zero attached hydrogens (tertiary/aromatic N) is 4. The number of nitro groups is 1. The molecule has 4 aliphatic rings. The Bertz CT molecular complexity index is 968. The second kappa shape index (κ2) is 7.93. The number of non-ortho nitro benzene ring substituents is 1. The summed E-state index contributed by atoms with van der Waals surface area (Å²) < 4.78 is 2.04. The van der Waals surface area contributed by atoms with Crippen LogP contribution in [0.2, 0.25) is 0 Å². The average Bonchev–Trinajstić information content (AvgIpc) is 3.04. The molecule has 4 bridgehead atoms. The van der Waals surface area contributed by atoms with Crippen molar-refractivity contribution in [1.29, 1.82) is 0 Å². The first-order chi connectivity index (χ1) is 14.9. The van der Waals surface area contributed by atoms with Gasteiger partial charge in [0.2, 0.25) is 5.91 Å². The van der Waals surface area contributed by atoms with Crippen molar-refractivity contribution in [3.05, 3.63) is 40.2 Å². The summed E-state index contributed by atoms with van der Waals surface area (Å²) in [6.07, 6.45) is 9.31. The molecule has 0 atom stereocenters. The highest BCUT2D eigenvalue weighted by Crippen LogP contribution is 2.60. The lowest BCUT2D eigenvalue weighted by molar-refractivity contribution is -0.384. The summed E-state index contributed by atoms with van der Waals surface area (Å²) in [6, 6.07) is 5.82. The molecule has 1 aromatic carbocycles. The SMILES string of the molecule is Cn1c(CC23CC4CC(CC(C4)C2)C3)nnc1SCC(=O)Nc1ccc([N+](=O)[O-])cc1. The van der Waals surface area contributed by atoms with E-state index in [1.54, 1.807) is 0 Å². The molecule has 2 aromatic rings. The maximum atomic E-state index is 12.3. The summed E-state index contributed by atoms with van der Waals surface area (Å²) in [5, 5.41) is 23.1. The van der Waals surface area contributed by atoms with Crippen LogP contribution in [0.15, 0.2) is 29.4 Å². The van der Waals surface area contributed by atoms with Crippen LogP contribution in [0.3, 0.4) is 0 Å². The fraction of sp³-hybridized carbons (Fsp3) is 0.591. The first-order valence-electron chi connectivity index (χ1n) is 10.9. The number of hydrogen-bond donors (Lipinski definition) is 1. The van der Waals surface area contributed by atoms with Crippen LogP contribution in [0, 0.1) is 33.3 Å². The smallest absolute Gasteiger partial charge is 0.269 e. The third-order valence-electron chi connectivity index (χ3n) is 7.32. The Kier molecular flexibility index (Phi) is 5.24. The predicted octanol–water partition coefficient (Wildman–Crippen LogP) is 4.21. The lowest BCUT2D eigenvalue weighted by Crippen LogP contribution is -2.47. The number of amides is 1. The number of hydrogen-bond acceptors (Lipinski definition) is 6. The van der Waals surface area contributed by atoms with Crippen LogP contribution >= 0.6 is 11.8 Å². The van der Waals surface area contributed by atoms with E-state index < -0.39 is 4.92 Å². The Hall–Kier alpha value is -2.42. The zero-order valence-corrected chi connectivity index (χ0v) is 18.4. The number of carbonyl (C=O) groups excluding carboxylic acids is 1. The zero-order valence-electron chi connectivity index (χ0n) is 17.6. The summed E-state index contributed by atoms with van der Waals surface area (Å²) in [7, 11) is 1.99. The van der Waals surface area contributed by atoms with E-state index >= 15 is 0 Å². The zero-order chi connectivity index (χ0) is 21.6. The summed E-state index contributed by atoms with van der Waals surface area (Å²) in [4.78, 5) is 22.6. The van der Waals surface area contributed by atoms with Crippen LogP contribution in [-0.4, -0.2) is 31.3 Å². The molecule has 1 N–H and O–H groups in total. The van der Waals surface area contributed by atoms with Crippen LogP contribution in [0.5, 0.6) is 0 Å². The highest BCUT2D eigenvalue weighted by molar-refractivity contribution is 7.99. The minimum Gasteiger partial charge on any atom is -0.325 e. The van der Waals surface area contributed by atoms with Crippen LogP contribution in [-0.2, 0) is 18.3 Å². The van der Waals surface area contributed by atoms with E-state index in [2.05, 4.69) is 15.5 Å². The van der Waals surface area contributed by atoms with Crippen LogP contribution < -0.4 is 5.32 Å². The van der Waals surface area contributed by atoms with Gasteiger partial charge < -0.3 is 9.88 Å². The van der Waals surface area contributed by atoms with E-state index in [9.17, 15) is 14.9 Å². The topological polar surface area (TPSA) is 103 Å². The van der Waals surface area contributed by atoms with Crippen molar-refractivity contribution in [3.8, 4) is 0 Å². The van der Waals surface area contributed by atoms with E-state index in [1.165, 1.54) is 74.6 Å². The summed E-state index contributed by atoms with van der Waals surface area (Å²) >= 11 is 1.36. The number of anilines is 1. The first kappa shape index (κ1) is 20.5. The van der Waals surface area contributed by atoms with Crippen molar-refractivity contribution in [2.75, 3.05) is 11.1 Å². The molecule has 1 heterocycles. The van der Waals surface area contributed by atoms with Gasteiger partial charge in [0.25, 0.3) is 5.69 Å². The van der Waals surface area contributed by atoms with Gasteiger partial charge in [0.05, 0.1) is 10.7 Å². The van der Waals surface area contributed by atoms with E-state index in [4.69, 9.17) is 0 Å². The maximum absolute atomic E-state index is 12.3. The average molecular weight is 442 g/mol. The second-order valence-electron chi connectivity index (χ2n) is 9.69. The first-order valence-corrected chi connectivity index (χ1v) is 11.9. The van der Waals surface area contributed by atoms with Crippen molar-refractivity contribution in [3.63, 3.8) is 0 Å². The third kappa shape index (κ3) is 4.20. The molecule has 0 spiro atoms. The molecule has 1 amide bonds. The highest BCUT2D eigenvalue weighted by atomic mass is 32.2. The summed E-state index contributed by atoms with van der Waals surface area (Å²) in [5.74, 6) is 3.80. The van der Waals surface area contributed by atoms with Crippen LogP contribution in [0.25, 0.3) is 0 Å². The normalized spacial score (nSPS) is 28.6. The molecule has 9 heteroatoms. The molecule has 8 nitrogen and oxygen atoms in total. The van der Waals surface area contributed by atoms with E-state index in [0.717, 1.165) is 35.2 Å². The van der Waals surface area contributed by atoms with Gasteiger partial charge in [-0.1, -0.05) is 11.8 Å². The molecular weight excluding hydrogens is 414 g/mol. The van der Waals surface area contributed by atoms with Crippen molar-refractivity contribution >= 4 is 29.0 Å². The van der Waals surface area contributed by atoms with E-state index in [-0.39, 0.29) is 17.3 Å². The molecule has 4 aliphatic carbocycles. The Labute approximate surface area is 185 Å². The summed E-state index contributed by atoms with van der Waals surface area (Å²) in [6.45, 7) is 0. The molecular formula is C22H27N5O3S. The molecule has 1 aromatic heterocycles. The standard InChI is InChI=1S/C22H27N5O3S/c1-26-19(12-22-9-14-6-15(10-22)8-16(7-14)11-22)24-25-21(26)31-13-20(28)23-17-2-4-18(5-3-17)27(29)30/h2-5,14-16H,6-13H2,1H3,(H,23,28). The quantitative estimate of drug-likeness (QED) is 0.392. The fourth-order valence-corrected chi connectivity index (χ4v) is 7.19. The van der Waals surface area contributed by atoms with Gasteiger partial charge in [-0.15, -0.1) is 10.2 Å². The van der Waals surface area contributed by atoms with Gasteiger partial charge in [0, 0.05) is 31.3 Å². The number of rotatable bonds is 7. The van der Waals surface area contributed by atoms with Gasteiger partial charge in [-0.2, -0.15) is 0 Å². The van der Waals surface area contributed by atoms with Crippen LogP contribution in [0.4, 0.5) is 11.4 Å². The monoisotopic (exact) mass is 441 g/mol. The lowest BCUT2D eigenvalue weighted by atomic mass is 9.49. The molecule has 0 unspecified atom stereocenters. The molecule has 0 aliphatic heterocycles. The lowest BCUT2D eigenvalue weighted by Gasteiger charge is -2.56. The van der Waals surface area contributed by atoms with Crippen molar-refractivity contribution in [2.24, 2.45) is 30.2 Å². The van der Waals surface area contributed by atoms with Gasteiger partial charge in [-0.05, 0) is 73.8 Å². The molecule has 4 fully saturated rings. The fourth-order valence-electron chi connectivity index (χ4n) is 6.46. The van der Waals surface area contributed by atoms with Gasteiger partial charge in [0.1, 0.15) is 5.82 Å². The second-order valence-corrected chi connectivity index (χ2v) is 10.6. The number of aromatic nitrogens is 3. The van der Waals surface area contributed by atoms with Crippen molar-refractivity contribution in [2.45, 2.75) is 50.1 Å². The predicted molar refractivity (Wildman–Crippen MR) is 118 cm³/mol. The van der Waals surface area contributed by atoms with Gasteiger partial charge in [-0.25, -0.2) is 0 Å². The molecule has 164 valence electrons. The Balaban J connectivity index is 1.18. The summed E-state index contributed by atoms with van der Waals surface area (Å²) in [5.41, 5.74) is 0.944. The molecule has 4 saturated carbocycles. The molecule has 31 heavy (non-hydrogen) atoms. The van der Waals surface area contributed by atoms with Gasteiger partial charge in [0.15, 0.2) is 5.16 Å². The van der Waals surface area contributed by atoms with E-state index in [1.807, 2.05) is 11.6 Å². The number of nitro benzene ring substituents is 1. The Morgan fingerprint density at radius 3 is 2.35 bits per heavy atom. The van der Waals surface area contributed by atoms with Crippen molar-refractivity contribution < 1.29 is 9.72 Å². The maximum Gasteiger partial charge on any atom is 0.269 e. The number of benzene rings is 1. The highest BCUT2D eigenvalue weighted by Gasteiger charge is 2.51. The largest absolute Gasteiger partial charge is 0.325 e. The van der Waals surface area contributed by atoms with E-state index in [0.29, 0.717) is 11.1 Å². The third-order valence-corrected chi connectivity index (χ3v) is 8.34. The van der Waals surface area contributed by atoms with Gasteiger partial charge >= 0.3 is 0 Å². The molecule has 0 saturated heterocycles. The minimum absolute atomic E-state index is 0.00184. The van der Waals surface area contributed by atoms with Gasteiger partial charge in [-0.3, -0.25) is 14.9 Å². The molecule has 6 rings (SSSR count). The Morgan fingerprint density at radius 2 is 1.77 bits per heavy atom. The number of thioether (sulfide) groups is 1. The Morgan fingerprint density at radius 1 is 1.16 bits per heavy atom. The molecule has 0 radical (unpaired) electrons. The van der Waals surface area contributed by atoms with Crippen LogP contribution in [0.1, 0.15) is 44.3 Å². The number of carbonyl (C=O) groups is 1. The minimum atomic E-state index is -0.462.